The second kappa shape index (κ2) is 21.0. The summed E-state index contributed by atoms with van der Waals surface area (Å²) >= 11 is 0. The van der Waals surface area contributed by atoms with Crippen LogP contribution < -0.4 is 4.74 Å². The Morgan fingerprint density at radius 2 is 1.43 bits per heavy atom. The molecule has 1 N–H and O–H groups in total. The largest absolute Gasteiger partial charge is 0.497 e. The second-order valence-corrected chi connectivity index (χ2v) is 12.3. The zero-order valence-electron chi connectivity index (χ0n) is 28.0. The number of methoxy groups -OCH3 is 1. The normalized spacial score (nSPS) is 12.8. The van der Waals surface area contributed by atoms with E-state index in [-0.39, 0.29) is 24.9 Å². The number of carboxylic acid groups (broad SMARTS) is 1. The van der Waals surface area contributed by atoms with Crippen LogP contribution in [-0.4, -0.2) is 37.2 Å². The molecule has 0 amide bonds. The number of ketones is 1. The maximum absolute atomic E-state index is 13.3. The smallest absolute Gasteiger partial charge is 0.305 e. The number of ether oxygens (including phenoxy) is 2. The van der Waals surface area contributed by atoms with Crippen molar-refractivity contribution in [1.29, 1.82) is 0 Å². The lowest BCUT2D eigenvalue weighted by Crippen LogP contribution is -2.17. The van der Waals surface area contributed by atoms with Gasteiger partial charge in [-0.1, -0.05) is 93.8 Å². The van der Waals surface area contributed by atoms with Crippen molar-refractivity contribution in [3.63, 3.8) is 0 Å². The first-order valence-corrected chi connectivity index (χ1v) is 17.0. The van der Waals surface area contributed by atoms with Crippen LogP contribution in [0.4, 0.5) is 0 Å². The van der Waals surface area contributed by atoms with Gasteiger partial charge in [0.15, 0.2) is 0 Å². The Bertz CT molecular complexity index is 1350. The summed E-state index contributed by atoms with van der Waals surface area (Å²) in [5, 5.41) is 8.96. The number of hydrogen-bond donors (Lipinski definition) is 1. The molecule has 5 heteroatoms. The number of carbonyl (C=O) groups is 2. The standard InChI is InChI=1S/C41H52O5/c1-4-5-15-37(40(42)17-10-14-34-22-26-38(45-3)27-23-34)16-9-11-32(2)39(28-30-46-31-29-41(43)44)36-24-20-35(21-25-36)19-18-33-12-7-6-8-13-33/h6-8,12-13,20-27,32,37,39H,4-5,9-11,14-17,28-31H2,1-3H3,(H,43,44). The number of aliphatic carboxylic acids is 1. The second-order valence-electron chi connectivity index (χ2n) is 12.3. The first-order chi connectivity index (χ1) is 22.4. The molecule has 0 aliphatic heterocycles. The molecule has 0 aliphatic carbocycles. The minimum atomic E-state index is -0.843. The SMILES string of the molecule is CCCCC(CCCC(C)C(CCOCCC(=O)O)c1ccc(C#Cc2ccccc2)cc1)C(=O)CCCc1ccc(OC)cc1. The number of carboxylic acids is 1. The van der Waals surface area contributed by atoms with Gasteiger partial charge in [-0.3, -0.25) is 9.59 Å². The van der Waals surface area contributed by atoms with E-state index in [1.165, 1.54) is 11.1 Å². The molecule has 0 fully saturated rings. The van der Waals surface area contributed by atoms with E-state index in [2.05, 4.69) is 62.1 Å². The Kier molecular flexibility index (Phi) is 16.7. The maximum atomic E-state index is 13.3. The van der Waals surface area contributed by atoms with Gasteiger partial charge >= 0.3 is 5.97 Å². The monoisotopic (exact) mass is 624 g/mol. The molecule has 246 valence electrons. The molecular formula is C41H52O5. The van der Waals surface area contributed by atoms with Crippen molar-refractivity contribution in [1.82, 2.24) is 0 Å². The molecule has 3 rings (SSSR count). The zero-order chi connectivity index (χ0) is 33.0. The summed E-state index contributed by atoms with van der Waals surface area (Å²) in [5.74, 6) is 7.70. The molecule has 46 heavy (non-hydrogen) atoms. The van der Waals surface area contributed by atoms with Gasteiger partial charge in [0.25, 0.3) is 0 Å². The van der Waals surface area contributed by atoms with Crippen molar-refractivity contribution in [3.05, 3.63) is 101 Å². The topological polar surface area (TPSA) is 72.8 Å². The fraction of sp³-hybridized carbons (Fsp3) is 0.463. The first kappa shape index (κ1) is 36.6. The Morgan fingerprint density at radius 3 is 2.09 bits per heavy atom. The van der Waals surface area contributed by atoms with Crippen LogP contribution in [0.1, 0.15) is 106 Å². The summed E-state index contributed by atoms with van der Waals surface area (Å²) in [7, 11) is 1.67. The van der Waals surface area contributed by atoms with Crippen LogP contribution in [0.15, 0.2) is 78.9 Å². The van der Waals surface area contributed by atoms with Gasteiger partial charge in [-0.25, -0.2) is 0 Å². The molecule has 3 aromatic rings. The van der Waals surface area contributed by atoms with Crippen molar-refractivity contribution in [2.24, 2.45) is 11.8 Å². The number of hydrogen-bond acceptors (Lipinski definition) is 4. The van der Waals surface area contributed by atoms with E-state index in [4.69, 9.17) is 14.6 Å². The fourth-order valence-corrected chi connectivity index (χ4v) is 6.00. The zero-order valence-corrected chi connectivity index (χ0v) is 28.0. The van der Waals surface area contributed by atoms with Gasteiger partial charge < -0.3 is 14.6 Å². The van der Waals surface area contributed by atoms with Gasteiger partial charge in [0.2, 0.25) is 0 Å². The predicted molar refractivity (Wildman–Crippen MR) is 186 cm³/mol. The highest BCUT2D eigenvalue weighted by atomic mass is 16.5. The third-order valence-electron chi connectivity index (χ3n) is 8.81. The number of rotatable bonds is 21. The van der Waals surface area contributed by atoms with Crippen LogP contribution >= 0.6 is 0 Å². The minimum Gasteiger partial charge on any atom is -0.497 e. The highest BCUT2D eigenvalue weighted by Crippen LogP contribution is 2.33. The van der Waals surface area contributed by atoms with Crippen LogP contribution in [0.5, 0.6) is 5.75 Å². The van der Waals surface area contributed by atoms with Gasteiger partial charge in [0, 0.05) is 30.1 Å². The lowest BCUT2D eigenvalue weighted by molar-refractivity contribution is -0.138. The van der Waals surface area contributed by atoms with Crippen molar-refractivity contribution < 1.29 is 24.2 Å². The Morgan fingerprint density at radius 1 is 0.761 bits per heavy atom. The Balaban J connectivity index is 1.58. The van der Waals surface area contributed by atoms with E-state index in [0.717, 1.165) is 74.7 Å². The molecule has 0 aliphatic rings. The summed E-state index contributed by atoms with van der Waals surface area (Å²) in [6.45, 7) is 5.23. The van der Waals surface area contributed by atoms with Crippen molar-refractivity contribution in [3.8, 4) is 17.6 Å². The molecule has 0 aromatic heterocycles. The third kappa shape index (κ3) is 13.6. The quantitative estimate of drug-likeness (QED) is 0.0945. The number of unbranched alkanes of at least 4 members (excludes halogenated alkanes) is 1. The van der Waals surface area contributed by atoms with Crippen molar-refractivity contribution in [2.75, 3.05) is 20.3 Å². The maximum Gasteiger partial charge on any atom is 0.305 e. The molecule has 3 aromatic carbocycles. The number of benzene rings is 3. The van der Waals surface area contributed by atoms with E-state index in [0.29, 0.717) is 24.7 Å². The predicted octanol–water partition coefficient (Wildman–Crippen LogP) is 9.26. The fourth-order valence-electron chi connectivity index (χ4n) is 6.00. The van der Waals surface area contributed by atoms with E-state index in [1.807, 2.05) is 42.5 Å². The summed E-state index contributed by atoms with van der Waals surface area (Å²) in [6.07, 6.45) is 9.36. The summed E-state index contributed by atoms with van der Waals surface area (Å²) in [5.41, 5.74) is 4.45. The van der Waals surface area contributed by atoms with Gasteiger partial charge in [0.05, 0.1) is 20.1 Å². The van der Waals surface area contributed by atoms with Gasteiger partial charge in [-0.05, 0) is 91.5 Å². The molecule has 0 spiro atoms. The van der Waals surface area contributed by atoms with Crippen LogP contribution in [0.25, 0.3) is 0 Å². The highest BCUT2D eigenvalue weighted by molar-refractivity contribution is 5.80. The third-order valence-corrected chi connectivity index (χ3v) is 8.81. The molecular weight excluding hydrogens is 572 g/mol. The molecule has 0 saturated heterocycles. The summed E-state index contributed by atoms with van der Waals surface area (Å²) in [4.78, 5) is 24.2. The lowest BCUT2D eigenvalue weighted by atomic mass is 9.80. The molecule has 0 heterocycles. The van der Waals surface area contributed by atoms with Crippen LogP contribution in [-0.2, 0) is 20.7 Å². The summed E-state index contributed by atoms with van der Waals surface area (Å²) < 4.78 is 11.0. The van der Waals surface area contributed by atoms with E-state index in [9.17, 15) is 9.59 Å². The highest BCUT2D eigenvalue weighted by Gasteiger charge is 2.22. The number of Topliss-reactive ketones (excluding diaryl/α,β-unsaturated/α-hetero) is 1. The van der Waals surface area contributed by atoms with Gasteiger partial charge in [-0.2, -0.15) is 0 Å². The van der Waals surface area contributed by atoms with E-state index < -0.39 is 5.97 Å². The van der Waals surface area contributed by atoms with Crippen LogP contribution in [0.3, 0.4) is 0 Å². The minimum absolute atomic E-state index is 0.0161. The number of carbonyl (C=O) groups excluding carboxylic acids is 1. The van der Waals surface area contributed by atoms with Crippen molar-refractivity contribution in [2.45, 2.75) is 90.4 Å². The Labute approximate surface area is 276 Å². The summed E-state index contributed by atoms with van der Waals surface area (Å²) in [6, 6.07) is 26.6. The van der Waals surface area contributed by atoms with Gasteiger partial charge in [-0.15, -0.1) is 0 Å². The average Bonchev–Trinajstić information content (AvgIpc) is 3.07. The molecule has 3 unspecified atom stereocenters. The van der Waals surface area contributed by atoms with E-state index in [1.54, 1.807) is 7.11 Å². The van der Waals surface area contributed by atoms with Gasteiger partial charge in [0.1, 0.15) is 11.5 Å². The molecule has 3 atom stereocenters. The van der Waals surface area contributed by atoms with E-state index >= 15 is 0 Å². The average molecular weight is 625 g/mol. The molecule has 0 radical (unpaired) electrons. The molecule has 0 saturated carbocycles. The lowest BCUT2D eigenvalue weighted by Gasteiger charge is -2.25. The van der Waals surface area contributed by atoms with Crippen LogP contribution in [0.2, 0.25) is 0 Å². The van der Waals surface area contributed by atoms with Crippen LogP contribution in [0, 0.1) is 23.7 Å². The number of aryl methyl sites for hydroxylation is 1. The molecule has 0 bridgehead atoms. The molecule has 5 nitrogen and oxygen atoms in total. The Hall–Kier alpha value is -3.88. The van der Waals surface area contributed by atoms with Crippen molar-refractivity contribution >= 4 is 11.8 Å². The first-order valence-electron chi connectivity index (χ1n) is 17.0.